The summed E-state index contributed by atoms with van der Waals surface area (Å²) in [5, 5.41) is 9.28. The van der Waals surface area contributed by atoms with Crippen molar-refractivity contribution in [3.63, 3.8) is 0 Å². The third-order valence-corrected chi connectivity index (χ3v) is 1.56. The Kier molecular flexibility index (Phi) is 5.60. The van der Waals surface area contributed by atoms with Gasteiger partial charge in [-0.1, -0.05) is 0 Å². The summed E-state index contributed by atoms with van der Waals surface area (Å²) in [4.78, 5) is 0. The highest BCUT2D eigenvalue weighted by atomic mass is 31.1. The molecule has 0 spiro atoms. The predicted octanol–water partition coefficient (Wildman–Crippen LogP) is 0.997. The molecule has 4 nitrogen and oxygen atoms in total. The second-order valence-corrected chi connectivity index (χ2v) is 2.79. The molecule has 0 rings (SSSR count). The van der Waals surface area contributed by atoms with Gasteiger partial charge in [0.2, 0.25) is 8.46 Å². The van der Waals surface area contributed by atoms with E-state index in [0.717, 1.165) is 0 Å². The molecule has 0 amide bonds. The summed E-state index contributed by atoms with van der Waals surface area (Å²) in [6.45, 7) is 4.20. The molecule has 0 fully saturated rings. The van der Waals surface area contributed by atoms with E-state index < -0.39 is 14.0 Å². The van der Waals surface area contributed by atoms with E-state index in [1.54, 1.807) is 13.8 Å². The van der Waals surface area contributed by atoms with Crippen LogP contribution in [0.2, 0.25) is 0 Å². The second kappa shape index (κ2) is 5.61. The van der Waals surface area contributed by atoms with Gasteiger partial charge in [-0.15, -0.1) is 0 Å². The fraction of sp³-hybridized carbons (Fsp3) is 1.00. The van der Waals surface area contributed by atoms with Gasteiger partial charge in [0, 0.05) is 13.2 Å². The van der Waals surface area contributed by atoms with Gasteiger partial charge in [-0.25, -0.2) is 0 Å². The summed E-state index contributed by atoms with van der Waals surface area (Å²) in [7, 11) is -0.464. The molecule has 11 heavy (non-hydrogen) atoms. The van der Waals surface area contributed by atoms with Crippen LogP contribution in [0.5, 0.6) is 0 Å². The molecule has 0 heterocycles. The van der Waals surface area contributed by atoms with E-state index >= 15 is 0 Å². The number of hydrogen-bond donors (Lipinski definition) is 1. The third-order valence-electron chi connectivity index (χ3n) is 1.01. The molecule has 1 N–H and O–H groups in total. The summed E-state index contributed by atoms with van der Waals surface area (Å²) in [6.07, 6.45) is 0. The zero-order valence-corrected chi connectivity index (χ0v) is 7.63. The molecule has 5 heteroatoms. The van der Waals surface area contributed by atoms with Crippen molar-refractivity contribution in [1.29, 1.82) is 0 Å². The SMILES string of the molecule is CCOCC(O)(OCC)P=O. The fourth-order valence-electron chi connectivity index (χ4n) is 0.561. The van der Waals surface area contributed by atoms with E-state index in [2.05, 4.69) is 0 Å². The first-order valence-corrected chi connectivity index (χ1v) is 4.28. The summed E-state index contributed by atoms with van der Waals surface area (Å²) in [6, 6.07) is 0. The van der Waals surface area contributed by atoms with Crippen LogP contribution < -0.4 is 0 Å². The van der Waals surface area contributed by atoms with Crippen molar-refractivity contribution in [3.05, 3.63) is 0 Å². The van der Waals surface area contributed by atoms with Crippen LogP contribution in [0, 0.1) is 0 Å². The lowest BCUT2D eigenvalue weighted by atomic mass is 10.6. The van der Waals surface area contributed by atoms with Crippen molar-refractivity contribution in [2.75, 3.05) is 19.8 Å². The molecule has 0 aliphatic heterocycles. The topological polar surface area (TPSA) is 55.8 Å². The van der Waals surface area contributed by atoms with Crippen molar-refractivity contribution >= 4 is 8.46 Å². The maximum atomic E-state index is 10.4. The van der Waals surface area contributed by atoms with Crippen molar-refractivity contribution < 1.29 is 19.1 Å². The van der Waals surface area contributed by atoms with Crippen molar-refractivity contribution in [3.8, 4) is 0 Å². The minimum Gasteiger partial charge on any atom is -0.375 e. The Hall–Kier alpha value is -0.0200. The average molecular weight is 180 g/mol. The normalized spacial score (nSPS) is 16.6. The number of hydrogen-bond acceptors (Lipinski definition) is 4. The highest BCUT2D eigenvalue weighted by Crippen LogP contribution is 2.21. The van der Waals surface area contributed by atoms with Gasteiger partial charge in [0.05, 0.1) is 0 Å². The molecule has 0 aliphatic rings. The van der Waals surface area contributed by atoms with Gasteiger partial charge in [-0.2, -0.15) is 0 Å². The third kappa shape index (κ3) is 4.43. The smallest absolute Gasteiger partial charge is 0.273 e. The van der Waals surface area contributed by atoms with Gasteiger partial charge in [0.15, 0.2) is 0 Å². The molecule has 0 aromatic carbocycles. The first-order chi connectivity index (χ1) is 5.18. The fourth-order valence-corrected chi connectivity index (χ4v) is 0.886. The molecule has 0 saturated heterocycles. The van der Waals surface area contributed by atoms with Gasteiger partial charge >= 0.3 is 0 Å². The van der Waals surface area contributed by atoms with E-state index in [4.69, 9.17) is 9.47 Å². The van der Waals surface area contributed by atoms with Gasteiger partial charge in [-0.3, -0.25) is 4.57 Å². The first-order valence-electron chi connectivity index (χ1n) is 3.47. The number of ether oxygens (including phenoxy) is 2. The number of aliphatic hydroxyl groups is 1. The van der Waals surface area contributed by atoms with E-state index in [1.165, 1.54) is 0 Å². The average Bonchev–Trinajstić information content (AvgIpc) is 2.02. The predicted molar refractivity (Wildman–Crippen MR) is 40.7 cm³/mol. The van der Waals surface area contributed by atoms with Crippen LogP contribution in [-0.4, -0.2) is 30.5 Å². The Morgan fingerprint density at radius 2 is 2.09 bits per heavy atom. The molecular weight excluding hydrogens is 167 g/mol. The van der Waals surface area contributed by atoms with E-state index in [-0.39, 0.29) is 6.61 Å². The summed E-state index contributed by atoms with van der Waals surface area (Å²) in [5.41, 5.74) is -1.66. The minimum atomic E-state index is -1.66. The van der Waals surface area contributed by atoms with Gasteiger partial charge in [-0.05, 0) is 13.8 Å². The Morgan fingerprint density at radius 3 is 2.45 bits per heavy atom. The molecule has 0 bridgehead atoms. The largest absolute Gasteiger partial charge is 0.375 e. The monoisotopic (exact) mass is 180 g/mol. The summed E-state index contributed by atoms with van der Waals surface area (Å²) < 4.78 is 20.0. The summed E-state index contributed by atoms with van der Waals surface area (Å²) in [5.74, 6) is 0. The van der Waals surface area contributed by atoms with Gasteiger partial charge < -0.3 is 14.6 Å². The van der Waals surface area contributed by atoms with Crippen molar-refractivity contribution in [2.24, 2.45) is 0 Å². The molecule has 0 saturated carbocycles. The van der Waals surface area contributed by atoms with Crippen LogP contribution in [0.4, 0.5) is 0 Å². The summed E-state index contributed by atoms with van der Waals surface area (Å²) >= 11 is 0. The van der Waals surface area contributed by atoms with Crippen LogP contribution in [0.25, 0.3) is 0 Å². The van der Waals surface area contributed by atoms with Gasteiger partial charge in [0.1, 0.15) is 6.61 Å². The zero-order chi connectivity index (χ0) is 8.74. The van der Waals surface area contributed by atoms with Crippen LogP contribution in [-0.2, 0) is 14.0 Å². The van der Waals surface area contributed by atoms with Gasteiger partial charge in [0.25, 0.3) is 5.53 Å². The number of rotatable bonds is 6. The highest BCUT2D eigenvalue weighted by Gasteiger charge is 2.28. The van der Waals surface area contributed by atoms with Crippen molar-refractivity contribution in [1.82, 2.24) is 0 Å². The molecule has 66 valence electrons. The highest BCUT2D eigenvalue weighted by molar-refractivity contribution is 7.25. The van der Waals surface area contributed by atoms with Crippen LogP contribution >= 0.6 is 8.46 Å². The Balaban J connectivity index is 3.77. The van der Waals surface area contributed by atoms with Crippen LogP contribution in [0.15, 0.2) is 0 Å². The zero-order valence-electron chi connectivity index (χ0n) is 6.74. The Bertz CT molecular complexity index is 119. The molecule has 0 radical (unpaired) electrons. The lowest BCUT2D eigenvalue weighted by Crippen LogP contribution is -2.31. The molecule has 1 atom stereocenters. The lowest BCUT2D eigenvalue weighted by molar-refractivity contribution is -0.166. The maximum absolute atomic E-state index is 10.4. The van der Waals surface area contributed by atoms with Crippen molar-refractivity contribution in [2.45, 2.75) is 19.4 Å². The molecule has 0 aliphatic carbocycles. The first kappa shape index (κ1) is 11.0. The standard InChI is InChI=1S/C6H13O4P/c1-3-9-5-6(7,11-8)10-4-2/h7H,3-5H2,1-2H3. The van der Waals surface area contributed by atoms with Crippen LogP contribution in [0.3, 0.4) is 0 Å². The van der Waals surface area contributed by atoms with Crippen LogP contribution in [0.1, 0.15) is 13.8 Å². The lowest BCUT2D eigenvalue weighted by Gasteiger charge is -2.19. The Labute approximate surface area is 67.7 Å². The maximum Gasteiger partial charge on any atom is 0.273 e. The molecule has 0 aromatic heterocycles. The van der Waals surface area contributed by atoms with E-state index in [1.807, 2.05) is 0 Å². The quantitative estimate of drug-likeness (QED) is 0.489. The molecule has 0 aromatic rings. The van der Waals surface area contributed by atoms with E-state index in [0.29, 0.717) is 13.2 Å². The molecular formula is C6H13O4P. The molecule has 1 unspecified atom stereocenters. The Morgan fingerprint density at radius 1 is 1.45 bits per heavy atom. The minimum absolute atomic E-state index is 0.0671. The second-order valence-electron chi connectivity index (χ2n) is 1.90. The van der Waals surface area contributed by atoms with E-state index in [9.17, 15) is 9.67 Å².